The maximum Gasteiger partial charge on any atom is 0.416 e. The molecule has 1 saturated carbocycles. The van der Waals surface area contributed by atoms with E-state index in [-0.39, 0.29) is 11.0 Å². The van der Waals surface area contributed by atoms with Gasteiger partial charge in [0.1, 0.15) is 0 Å². The van der Waals surface area contributed by atoms with Gasteiger partial charge in [0.15, 0.2) is 0 Å². The lowest BCUT2D eigenvalue weighted by Gasteiger charge is -2.39. The van der Waals surface area contributed by atoms with Crippen LogP contribution in [0, 0.1) is 5.41 Å². The van der Waals surface area contributed by atoms with Gasteiger partial charge in [-0.15, -0.1) is 0 Å². The smallest absolute Gasteiger partial charge is 0.323 e. The summed E-state index contributed by atoms with van der Waals surface area (Å²) in [6, 6.07) is 5.15. The van der Waals surface area contributed by atoms with Crippen LogP contribution in [0.2, 0.25) is 0 Å². The van der Waals surface area contributed by atoms with Gasteiger partial charge >= 0.3 is 6.18 Å². The van der Waals surface area contributed by atoms with E-state index in [1.54, 1.807) is 6.07 Å². The van der Waals surface area contributed by atoms with Crippen molar-refractivity contribution >= 4 is 0 Å². The zero-order valence-corrected chi connectivity index (χ0v) is 11.1. The maximum atomic E-state index is 13.0. The maximum absolute atomic E-state index is 13.0. The minimum atomic E-state index is -4.33. The van der Waals surface area contributed by atoms with Crippen LogP contribution in [-0.2, 0) is 6.18 Å². The van der Waals surface area contributed by atoms with Crippen LogP contribution < -0.4 is 5.73 Å². The van der Waals surface area contributed by atoms with Gasteiger partial charge in [0.05, 0.1) is 5.56 Å². The van der Waals surface area contributed by atoms with Crippen molar-refractivity contribution in [1.29, 1.82) is 0 Å². The zero-order valence-electron chi connectivity index (χ0n) is 11.1. The molecule has 4 heteroatoms. The summed E-state index contributed by atoms with van der Waals surface area (Å²) < 4.78 is 39.1. The summed E-state index contributed by atoms with van der Waals surface area (Å²) in [5.74, 6) is 0. The fraction of sp³-hybridized carbons (Fsp3) is 0.600. The lowest BCUT2D eigenvalue weighted by molar-refractivity contribution is -0.138. The number of hydrogen-bond acceptors (Lipinski definition) is 1. The Balaban J connectivity index is 2.36. The molecule has 1 atom stereocenters. The Morgan fingerprint density at radius 1 is 1.11 bits per heavy atom. The summed E-state index contributed by atoms with van der Waals surface area (Å²) in [5, 5.41) is 0. The van der Waals surface area contributed by atoms with Gasteiger partial charge in [-0.25, -0.2) is 0 Å². The highest BCUT2D eigenvalue weighted by molar-refractivity contribution is 5.33. The van der Waals surface area contributed by atoms with Crippen LogP contribution in [0.25, 0.3) is 0 Å². The molecule has 106 valence electrons. The van der Waals surface area contributed by atoms with Crippen LogP contribution in [0.4, 0.5) is 13.2 Å². The van der Waals surface area contributed by atoms with Crippen LogP contribution in [0.5, 0.6) is 0 Å². The summed E-state index contributed by atoms with van der Waals surface area (Å²) in [6.45, 7) is 2.02. The van der Waals surface area contributed by atoms with Crippen molar-refractivity contribution in [2.24, 2.45) is 11.1 Å². The van der Waals surface area contributed by atoms with E-state index in [1.165, 1.54) is 12.1 Å². The second kappa shape index (κ2) is 5.16. The molecule has 2 N–H and O–H groups in total. The first-order valence-electron chi connectivity index (χ1n) is 6.76. The van der Waals surface area contributed by atoms with E-state index in [1.807, 2.05) is 6.92 Å². The largest absolute Gasteiger partial charge is 0.416 e. The number of alkyl halides is 3. The van der Waals surface area contributed by atoms with Gasteiger partial charge in [-0.3, -0.25) is 0 Å². The first-order chi connectivity index (χ1) is 8.84. The molecule has 0 heterocycles. The summed E-state index contributed by atoms with van der Waals surface area (Å²) in [7, 11) is 0. The monoisotopic (exact) mass is 271 g/mol. The van der Waals surface area contributed by atoms with Gasteiger partial charge in [0.25, 0.3) is 0 Å². The Morgan fingerprint density at radius 3 is 2.26 bits per heavy atom. The fourth-order valence-electron chi connectivity index (χ4n) is 3.07. The molecule has 1 nitrogen and oxygen atoms in total. The highest BCUT2D eigenvalue weighted by Crippen LogP contribution is 2.46. The minimum absolute atomic E-state index is 0.223. The third kappa shape index (κ3) is 2.94. The van der Waals surface area contributed by atoms with Crippen LogP contribution >= 0.6 is 0 Å². The van der Waals surface area contributed by atoms with E-state index in [0.717, 1.165) is 38.2 Å². The van der Waals surface area contributed by atoms with Crippen molar-refractivity contribution < 1.29 is 13.2 Å². The molecule has 0 radical (unpaired) electrons. The topological polar surface area (TPSA) is 26.0 Å². The van der Waals surface area contributed by atoms with Crippen molar-refractivity contribution in [3.05, 3.63) is 35.4 Å². The molecular formula is C15H20F3N. The molecule has 0 aliphatic heterocycles. The zero-order chi connectivity index (χ0) is 14.1. The lowest BCUT2D eigenvalue weighted by atomic mass is 9.68. The number of nitrogens with two attached hydrogens (primary N) is 1. The second-order valence-corrected chi connectivity index (χ2v) is 5.78. The molecular weight excluding hydrogens is 251 g/mol. The Morgan fingerprint density at radius 2 is 1.68 bits per heavy atom. The van der Waals surface area contributed by atoms with E-state index < -0.39 is 17.8 Å². The Kier molecular flexibility index (Phi) is 3.90. The minimum Gasteiger partial charge on any atom is -0.323 e. The lowest BCUT2D eigenvalue weighted by Crippen LogP contribution is -2.35. The van der Waals surface area contributed by atoms with E-state index in [4.69, 9.17) is 5.73 Å². The average Bonchev–Trinajstić information content (AvgIpc) is 2.38. The van der Waals surface area contributed by atoms with Crippen molar-refractivity contribution in [2.45, 2.75) is 51.2 Å². The Bertz CT molecular complexity index is 433. The second-order valence-electron chi connectivity index (χ2n) is 5.78. The van der Waals surface area contributed by atoms with Gasteiger partial charge < -0.3 is 5.73 Å². The molecule has 0 saturated heterocycles. The molecule has 1 aromatic carbocycles. The summed E-state index contributed by atoms with van der Waals surface area (Å²) >= 11 is 0. The highest BCUT2D eigenvalue weighted by Gasteiger charge is 2.40. The van der Waals surface area contributed by atoms with Gasteiger partial charge in [-0.2, -0.15) is 13.2 Å². The molecule has 19 heavy (non-hydrogen) atoms. The van der Waals surface area contributed by atoms with Gasteiger partial charge in [0, 0.05) is 6.04 Å². The standard InChI is InChI=1S/C15H20F3N/c1-14(9-5-2-6-10-14)13(19)11-7-3-4-8-12(11)15(16,17)18/h3-4,7-8,13H,2,5-6,9-10,19H2,1H3. The van der Waals surface area contributed by atoms with E-state index in [0.29, 0.717) is 0 Å². The highest BCUT2D eigenvalue weighted by atomic mass is 19.4. The Labute approximate surface area is 112 Å². The van der Waals surface area contributed by atoms with Crippen LogP contribution in [0.1, 0.15) is 56.2 Å². The van der Waals surface area contributed by atoms with Crippen LogP contribution in [0.3, 0.4) is 0 Å². The molecule has 1 aromatic rings. The third-order valence-corrected chi connectivity index (χ3v) is 4.35. The van der Waals surface area contributed by atoms with Crippen molar-refractivity contribution in [3.63, 3.8) is 0 Å². The Hall–Kier alpha value is -1.03. The first-order valence-corrected chi connectivity index (χ1v) is 6.76. The molecule has 1 unspecified atom stereocenters. The molecule has 2 rings (SSSR count). The molecule has 1 fully saturated rings. The molecule has 0 aromatic heterocycles. The van der Waals surface area contributed by atoms with E-state index in [2.05, 4.69) is 0 Å². The fourth-order valence-corrected chi connectivity index (χ4v) is 3.07. The van der Waals surface area contributed by atoms with Crippen molar-refractivity contribution in [1.82, 2.24) is 0 Å². The summed E-state index contributed by atoms with van der Waals surface area (Å²) in [6.07, 6.45) is 0.736. The predicted molar refractivity (Wildman–Crippen MR) is 69.6 cm³/mol. The molecule has 1 aliphatic rings. The third-order valence-electron chi connectivity index (χ3n) is 4.35. The van der Waals surface area contributed by atoms with Crippen molar-refractivity contribution in [3.8, 4) is 0 Å². The number of rotatable bonds is 2. The normalized spacial score (nSPS) is 21.1. The van der Waals surface area contributed by atoms with Crippen molar-refractivity contribution in [2.75, 3.05) is 0 Å². The summed E-state index contributed by atoms with van der Waals surface area (Å²) in [5.41, 5.74) is 5.63. The van der Waals surface area contributed by atoms with Gasteiger partial charge in [0.2, 0.25) is 0 Å². The van der Waals surface area contributed by atoms with Gasteiger partial charge in [-0.05, 0) is 29.9 Å². The molecule has 0 amide bonds. The van der Waals surface area contributed by atoms with Crippen LogP contribution in [-0.4, -0.2) is 0 Å². The average molecular weight is 271 g/mol. The molecule has 0 bridgehead atoms. The number of halogens is 3. The summed E-state index contributed by atoms with van der Waals surface area (Å²) in [4.78, 5) is 0. The molecule has 1 aliphatic carbocycles. The number of hydrogen-bond donors (Lipinski definition) is 1. The first kappa shape index (κ1) is 14.4. The number of benzene rings is 1. The van der Waals surface area contributed by atoms with E-state index in [9.17, 15) is 13.2 Å². The van der Waals surface area contributed by atoms with Gasteiger partial charge in [-0.1, -0.05) is 44.4 Å². The SMILES string of the molecule is CC1(C(N)c2ccccc2C(F)(F)F)CCCCC1. The molecule has 0 spiro atoms. The quantitative estimate of drug-likeness (QED) is 0.830. The van der Waals surface area contributed by atoms with E-state index >= 15 is 0 Å². The van der Waals surface area contributed by atoms with Crippen LogP contribution in [0.15, 0.2) is 24.3 Å². The predicted octanol–water partition coefficient (Wildman–Crippen LogP) is 4.68.